The molecule has 1 rings (SSSR count). The molecular weight excluding hydrogens is 309 g/mol. The fraction of sp³-hybridized carbons (Fsp3) is 0.571. The fourth-order valence-corrected chi connectivity index (χ4v) is 2.50. The maximum atomic E-state index is 3.56. The van der Waals surface area contributed by atoms with Crippen LogP contribution in [-0.4, -0.2) is 12.6 Å². The van der Waals surface area contributed by atoms with Crippen molar-refractivity contribution in [1.29, 1.82) is 0 Å². The van der Waals surface area contributed by atoms with Crippen LogP contribution in [0.5, 0.6) is 0 Å². The summed E-state index contributed by atoms with van der Waals surface area (Å²) in [6.45, 7) is 7.85. The Morgan fingerprint density at radius 3 is 2.31 bits per heavy atom. The van der Waals surface area contributed by atoms with E-state index in [2.05, 4.69) is 72.9 Å². The molecule has 0 radical (unpaired) electrons. The van der Waals surface area contributed by atoms with Crippen molar-refractivity contribution in [2.75, 3.05) is 6.54 Å². The molecule has 0 bridgehead atoms. The minimum atomic E-state index is 0.643. The molecule has 0 aliphatic heterocycles. The Morgan fingerprint density at radius 1 is 1.19 bits per heavy atom. The van der Waals surface area contributed by atoms with Gasteiger partial charge in [0.15, 0.2) is 0 Å². The highest BCUT2D eigenvalue weighted by Crippen LogP contribution is 2.15. The van der Waals surface area contributed by atoms with Crippen LogP contribution in [0.1, 0.15) is 32.8 Å². The summed E-state index contributed by atoms with van der Waals surface area (Å²) >= 11 is 2.35. The molecule has 90 valence electrons. The lowest BCUT2D eigenvalue weighted by Gasteiger charge is -2.23. The Morgan fingerprint density at radius 2 is 1.81 bits per heavy atom. The fourth-order valence-electron chi connectivity index (χ4n) is 2.14. The van der Waals surface area contributed by atoms with Gasteiger partial charge in [-0.25, -0.2) is 0 Å². The predicted molar refractivity (Wildman–Crippen MR) is 79.8 cm³/mol. The Bertz CT molecular complexity index is 294. The van der Waals surface area contributed by atoms with Gasteiger partial charge in [0.25, 0.3) is 0 Å². The Hall–Kier alpha value is -0.0900. The van der Waals surface area contributed by atoms with Crippen LogP contribution < -0.4 is 5.32 Å². The van der Waals surface area contributed by atoms with Gasteiger partial charge in [-0.1, -0.05) is 32.9 Å². The summed E-state index contributed by atoms with van der Waals surface area (Å²) in [7, 11) is 0. The van der Waals surface area contributed by atoms with Gasteiger partial charge in [-0.15, -0.1) is 0 Å². The molecule has 0 saturated carbocycles. The number of hydrogen-bond acceptors (Lipinski definition) is 1. The first-order valence-electron chi connectivity index (χ1n) is 6.15. The van der Waals surface area contributed by atoms with Crippen LogP contribution in [-0.2, 0) is 6.42 Å². The summed E-state index contributed by atoms with van der Waals surface area (Å²) in [4.78, 5) is 0. The van der Waals surface area contributed by atoms with Crippen LogP contribution in [0, 0.1) is 9.49 Å². The maximum absolute atomic E-state index is 3.56. The summed E-state index contributed by atoms with van der Waals surface area (Å²) in [6.07, 6.45) is 2.38. The van der Waals surface area contributed by atoms with E-state index >= 15 is 0 Å². The highest BCUT2D eigenvalue weighted by Gasteiger charge is 2.14. The van der Waals surface area contributed by atoms with Crippen molar-refractivity contribution in [2.24, 2.45) is 5.92 Å². The largest absolute Gasteiger partial charge is 0.314 e. The summed E-state index contributed by atoms with van der Waals surface area (Å²) in [5, 5.41) is 3.56. The molecule has 0 aromatic heterocycles. The predicted octanol–water partition coefficient (Wildman–Crippen LogP) is 3.86. The van der Waals surface area contributed by atoms with Gasteiger partial charge in [-0.2, -0.15) is 0 Å². The summed E-state index contributed by atoms with van der Waals surface area (Å²) < 4.78 is 1.31. The quantitative estimate of drug-likeness (QED) is 0.781. The minimum absolute atomic E-state index is 0.643. The number of nitrogens with one attached hydrogen (secondary N) is 1. The van der Waals surface area contributed by atoms with E-state index in [9.17, 15) is 0 Å². The molecule has 2 unspecified atom stereocenters. The number of rotatable bonds is 6. The van der Waals surface area contributed by atoms with E-state index in [0.717, 1.165) is 6.54 Å². The molecule has 2 atom stereocenters. The normalized spacial score (nSPS) is 14.8. The summed E-state index contributed by atoms with van der Waals surface area (Å²) in [5.41, 5.74) is 1.45. The van der Waals surface area contributed by atoms with Gasteiger partial charge in [0.05, 0.1) is 0 Å². The molecule has 1 aromatic carbocycles. The van der Waals surface area contributed by atoms with Crippen molar-refractivity contribution in [3.05, 3.63) is 33.4 Å². The molecule has 2 heteroatoms. The topological polar surface area (TPSA) is 12.0 Å². The van der Waals surface area contributed by atoms with Crippen LogP contribution in [0.4, 0.5) is 0 Å². The molecule has 1 N–H and O–H groups in total. The highest BCUT2D eigenvalue weighted by atomic mass is 127. The second-order valence-corrected chi connectivity index (χ2v) is 5.63. The lowest BCUT2D eigenvalue weighted by molar-refractivity contribution is 0.371. The number of hydrogen-bond donors (Lipinski definition) is 1. The standard InChI is InChI=1S/C14H22IN/c1-4-14(16-5-2)11(3)10-12-6-8-13(15)9-7-12/h6-9,11,14,16H,4-5,10H2,1-3H3. The van der Waals surface area contributed by atoms with Crippen molar-refractivity contribution < 1.29 is 0 Å². The van der Waals surface area contributed by atoms with Crippen molar-refractivity contribution in [2.45, 2.75) is 39.7 Å². The smallest absolute Gasteiger partial charge is 0.0130 e. The average molecular weight is 331 g/mol. The van der Waals surface area contributed by atoms with Gasteiger partial charge >= 0.3 is 0 Å². The Labute approximate surface area is 113 Å². The van der Waals surface area contributed by atoms with Gasteiger partial charge in [-0.05, 0) is 65.6 Å². The molecule has 1 nitrogen and oxygen atoms in total. The lowest BCUT2D eigenvalue weighted by Crippen LogP contribution is -2.35. The van der Waals surface area contributed by atoms with Crippen LogP contribution in [0.25, 0.3) is 0 Å². The third kappa shape index (κ3) is 4.42. The molecule has 0 saturated heterocycles. The van der Waals surface area contributed by atoms with Gasteiger partial charge in [-0.3, -0.25) is 0 Å². The molecule has 0 spiro atoms. The Balaban J connectivity index is 2.55. The maximum Gasteiger partial charge on any atom is 0.0130 e. The lowest BCUT2D eigenvalue weighted by atomic mass is 9.92. The van der Waals surface area contributed by atoms with E-state index in [4.69, 9.17) is 0 Å². The van der Waals surface area contributed by atoms with Crippen molar-refractivity contribution in [3.63, 3.8) is 0 Å². The van der Waals surface area contributed by atoms with Gasteiger partial charge in [0.1, 0.15) is 0 Å². The third-order valence-corrected chi connectivity index (χ3v) is 3.78. The van der Waals surface area contributed by atoms with Gasteiger partial charge in [0, 0.05) is 9.61 Å². The first-order chi connectivity index (χ1) is 7.67. The molecular formula is C14H22IN. The number of halogens is 1. The van der Waals surface area contributed by atoms with Crippen molar-refractivity contribution in [3.8, 4) is 0 Å². The van der Waals surface area contributed by atoms with Crippen molar-refractivity contribution >= 4 is 22.6 Å². The van der Waals surface area contributed by atoms with Crippen LogP contribution in [0.2, 0.25) is 0 Å². The second kappa shape index (κ2) is 7.28. The Kier molecular flexibility index (Phi) is 6.36. The van der Waals surface area contributed by atoms with E-state index in [0.29, 0.717) is 12.0 Å². The summed E-state index contributed by atoms with van der Waals surface area (Å²) in [5.74, 6) is 0.699. The van der Waals surface area contributed by atoms with E-state index in [1.54, 1.807) is 0 Å². The minimum Gasteiger partial charge on any atom is -0.314 e. The van der Waals surface area contributed by atoms with Gasteiger partial charge in [0.2, 0.25) is 0 Å². The zero-order valence-corrected chi connectivity index (χ0v) is 12.6. The molecule has 0 heterocycles. The van der Waals surface area contributed by atoms with Crippen LogP contribution >= 0.6 is 22.6 Å². The second-order valence-electron chi connectivity index (χ2n) is 4.38. The monoisotopic (exact) mass is 331 g/mol. The SMILES string of the molecule is CCNC(CC)C(C)Cc1ccc(I)cc1. The summed E-state index contributed by atoms with van der Waals surface area (Å²) in [6, 6.07) is 9.52. The molecule has 0 amide bonds. The van der Waals surface area contributed by atoms with Crippen LogP contribution in [0.15, 0.2) is 24.3 Å². The molecule has 0 fully saturated rings. The zero-order chi connectivity index (χ0) is 12.0. The van der Waals surface area contributed by atoms with E-state index in [1.165, 1.54) is 22.0 Å². The highest BCUT2D eigenvalue weighted by molar-refractivity contribution is 14.1. The number of benzene rings is 1. The third-order valence-electron chi connectivity index (χ3n) is 3.06. The van der Waals surface area contributed by atoms with Crippen LogP contribution in [0.3, 0.4) is 0 Å². The van der Waals surface area contributed by atoms with E-state index < -0.39 is 0 Å². The van der Waals surface area contributed by atoms with Gasteiger partial charge < -0.3 is 5.32 Å². The van der Waals surface area contributed by atoms with E-state index in [-0.39, 0.29) is 0 Å². The zero-order valence-electron chi connectivity index (χ0n) is 10.5. The molecule has 0 aliphatic carbocycles. The average Bonchev–Trinajstić information content (AvgIpc) is 2.29. The van der Waals surface area contributed by atoms with E-state index in [1.807, 2.05) is 0 Å². The first kappa shape index (κ1) is 14.0. The molecule has 0 aliphatic rings. The molecule has 16 heavy (non-hydrogen) atoms. The first-order valence-corrected chi connectivity index (χ1v) is 7.23. The van der Waals surface area contributed by atoms with Crippen molar-refractivity contribution in [1.82, 2.24) is 5.32 Å². The molecule has 1 aromatic rings.